The van der Waals surface area contributed by atoms with Gasteiger partial charge < -0.3 is 14.9 Å². The summed E-state index contributed by atoms with van der Waals surface area (Å²) in [6.45, 7) is 3.35. The van der Waals surface area contributed by atoms with Crippen molar-refractivity contribution in [2.75, 3.05) is 27.2 Å². The second-order valence-electron chi connectivity index (χ2n) is 6.34. The Hall–Kier alpha value is -1.39. The highest BCUT2D eigenvalue weighted by molar-refractivity contribution is 5.77. The molecule has 1 N–H and O–H groups in total. The zero-order valence-electron chi connectivity index (χ0n) is 13.2. The van der Waals surface area contributed by atoms with E-state index in [2.05, 4.69) is 30.0 Å². The van der Waals surface area contributed by atoms with Gasteiger partial charge in [0.25, 0.3) is 0 Å². The number of rotatable bonds is 5. The number of aliphatic hydroxyl groups is 1. The Morgan fingerprint density at radius 2 is 2.19 bits per heavy atom. The van der Waals surface area contributed by atoms with Crippen LogP contribution >= 0.6 is 0 Å². The normalized spacial score (nSPS) is 22.0. The lowest BCUT2D eigenvalue weighted by atomic mass is 10.1. The van der Waals surface area contributed by atoms with E-state index in [1.54, 1.807) is 0 Å². The SMILES string of the molecule is Cc1cccc(CCC(=O)N2CC(O)CC2CN(C)C)c1. The fourth-order valence-corrected chi connectivity index (χ4v) is 3.05. The topological polar surface area (TPSA) is 43.8 Å². The quantitative estimate of drug-likeness (QED) is 0.892. The molecule has 1 aliphatic rings. The lowest BCUT2D eigenvalue weighted by Crippen LogP contribution is -2.41. The molecule has 21 heavy (non-hydrogen) atoms. The van der Waals surface area contributed by atoms with E-state index >= 15 is 0 Å². The summed E-state index contributed by atoms with van der Waals surface area (Å²) >= 11 is 0. The molecule has 0 aromatic heterocycles. The third-order valence-electron chi connectivity index (χ3n) is 4.00. The molecule has 0 bridgehead atoms. The minimum absolute atomic E-state index is 0.139. The summed E-state index contributed by atoms with van der Waals surface area (Å²) in [5, 5.41) is 9.84. The molecule has 1 aromatic rings. The molecule has 2 rings (SSSR count). The summed E-state index contributed by atoms with van der Waals surface area (Å²) in [4.78, 5) is 16.4. The third-order valence-corrected chi connectivity index (χ3v) is 4.00. The molecule has 2 unspecified atom stereocenters. The van der Waals surface area contributed by atoms with Crippen LogP contribution < -0.4 is 0 Å². The van der Waals surface area contributed by atoms with Crippen molar-refractivity contribution in [1.82, 2.24) is 9.80 Å². The number of hydrogen-bond donors (Lipinski definition) is 1. The maximum Gasteiger partial charge on any atom is 0.223 e. The number of aryl methyl sites for hydroxylation is 2. The molecule has 1 aliphatic heterocycles. The lowest BCUT2D eigenvalue weighted by molar-refractivity contribution is -0.132. The first kappa shape index (κ1) is 16.0. The second-order valence-corrected chi connectivity index (χ2v) is 6.34. The lowest BCUT2D eigenvalue weighted by Gasteiger charge is -2.27. The number of carbonyl (C=O) groups excluding carboxylic acids is 1. The Bertz CT molecular complexity index is 487. The Kier molecular flexibility index (Phi) is 5.37. The molecule has 1 saturated heterocycles. The highest BCUT2D eigenvalue weighted by Gasteiger charge is 2.33. The molecule has 2 atom stereocenters. The van der Waals surface area contributed by atoms with Crippen LogP contribution in [0.25, 0.3) is 0 Å². The summed E-state index contributed by atoms with van der Waals surface area (Å²) in [6.07, 6.45) is 1.59. The van der Waals surface area contributed by atoms with Gasteiger partial charge in [0.15, 0.2) is 0 Å². The minimum atomic E-state index is -0.377. The maximum atomic E-state index is 12.4. The highest BCUT2D eigenvalue weighted by Crippen LogP contribution is 2.20. The average molecular weight is 290 g/mol. The van der Waals surface area contributed by atoms with Gasteiger partial charge in [0.2, 0.25) is 5.91 Å². The zero-order chi connectivity index (χ0) is 15.4. The van der Waals surface area contributed by atoms with Gasteiger partial charge in [0.05, 0.1) is 6.10 Å². The van der Waals surface area contributed by atoms with Crippen molar-refractivity contribution < 1.29 is 9.90 Å². The maximum absolute atomic E-state index is 12.4. The van der Waals surface area contributed by atoms with E-state index in [9.17, 15) is 9.90 Å². The van der Waals surface area contributed by atoms with Crippen LogP contribution in [0.2, 0.25) is 0 Å². The van der Waals surface area contributed by atoms with Crippen LogP contribution in [0.4, 0.5) is 0 Å². The van der Waals surface area contributed by atoms with Crippen LogP contribution in [-0.4, -0.2) is 60.1 Å². The standard InChI is InChI=1S/C17H26N2O2/c1-13-5-4-6-14(9-13)7-8-17(21)19-12-16(20)10-15(19)11-18(2)3/h4-6,9,15-16,20H,7-8,10-12H2,1-3H3. The summed E-state index contributed by atoms with van der Waals surface area (Å²) in [7, 11) is 4.00. The molecule has 1 amide bonds. The fourth-order valence-electron chi connectivity index (χ4n) is 3.05. The Morgan fingerprint density at radius 3 is 2.86 bits per heavy atom. The molecule has 4 heteroatoms. The molecule has 0 radical (unpaired) electrons. The van der Waals surface area contributed by atoms with Gasteiger partial charge in [0.1, 0.15) is 0 Å². The number of benzene rings is 1. The van der Waals surface area contributed by atoms with E-state index in [0.29, 0.717) is 19.4 Å². The Balaban J connectivity index is 1.92. The molecule has 0 spiro atoms. The van der Waals surface area contributed by atoms with Crippen molar-refractivity contribution in [3.63, 3.8) is 0 Å². The summed E-state index contributed by atoms with van der Waals surface area (Å²) < 4.78 is 0. The largest absolute Gasteiger partial charge is 0.391 e. The number of amides is 1. The zero-order valence-corrected chi connectivity index (χ0v) is 13.2. The van der Waals surface area contributed by atoms with Crippen LogP contribution in [0.15, 0.2) is 24.3 Å². The first-order valence-electron chi connectivity index (χ1n) is 7.63. The smallest absolute Gasteiger partial charge is 0.223 e. The molecule has 4 nitrogen and oxygen atoms in total. The minimum Gasteiger partial charge on any atom is -0.391 e. The van der Waals surface area contributed by atoms with E-state index in [-0.39, 0.29) is 18.1 Å². The van der Waals surface area contributed by atoms with E-state index < -0.39 is 0 Å². The summed E-state index contributed by atoms with van der Waals surface area (Å²) in [5.41, 5.74) is 2.43. The predicted octanol–water partition coefficient (Wildman–Crippen LogP) is 1.45. The third kappa shape index (κ3) is 4.55. The van der Waals surface area contributed by atoms with E-state index in [0.717, 1.165) is 13.0 Å². The van der Waals surface area contributed by atoms with Crippen molar-refractivity contribution in [1.29, 1.82) is 0 Å². The molecule has 0 aliphatic carbocycles. The number of carbonyl (C=O) groups is 1. The van der Waals surface area contributed by atoms with Crippen LogP contribution in [0, 0.1) is 6.92 Å². The summed E-state index contributed by atoms with van der Waals surface area (Å²) in [5.74, 6) is 0.153. The average Bonchev–Trinajstić information content (AvgIpc) is 2.76. The van der Waals surface area contributed by atoms with Gasteiger partial charge in [-0.3, -0.25) is 4.79 Å². The predicted molar refractivity (Wildman–Crippen MR) is 84.2 cm³/mol. The van der Waals surface area contributed by atoms with E-state index in [4.69, 9.17) is 0 Å². The second kappa shape index (κ2) is 7.05. The number of aliphatic hydroxyl groups excluding tert-OH is 1. The van der Waals surface area contributed by atoms with E-state index in [1.165, 1.54) is 11.1 Å². The van der Waals surface area contributed by atoms with Crippen LogP contribution in [0.3, 0.4) is 0 Å². The molecule has 1 fully saturated rings. The Labute approximate surface area is 127 Å². The van der Waals surface area contributed by atoms with Crippen molar-refractivity contribution >= 4 is 5.91 Å². The monoisotopic (exact) mass is 290 g/mol. The van der Waals surface area contributed by atoms with E-state index in [1.807, 2.05) is 25.1 Å². The molecule has 116 valence electrons. The molecule has 1 aromatic carbocycles. The van der Waals surface area contributed by atoms with Crippen molar-refractivity contribution in [2.24, 2.45) is 0 Å². The Morgan fingerprint density at radius 1 is 1.43 bits per heavy atom. The van der Waals surface area contributed by atoms with Gasteiger partial charge in [-0.25, -0.2) is 0 Å². The number of likely N-dealkylation sites (N-methyl/N-ethyl adjacent to an activating group) is 1. The van der Waals surface area contributed by atoms with Crippen molar-refractivity contribution in [3.05, 3.63) is 35.4 Å². The van der Waals surface area contributed by atoms with Crippen LogP contribution in [-0.2, 0) is 11.2 Å². The first-order valence-corrected chi connectivity index (χ1v) is 7.63. The van der Waals surface area contributed by atoms with Crippen molar-refractivity contribution in [2.45, 2.75) is 38.3 Å². The van der Waals surface area contributed by atoms with Crippen LogP contribution in [0.5, 0.6) is 0 Å². The van der Waals surface area contributed by atoms with Crippen LogP contribution in [0.1, 0.15) is 24.0 Å². The number of hydrogen-bond acceptors (Lipinski definition) is 3. The van der Waals surface area contributed by atoms with Gasteiger partial charge in [-0.15, -0.1) is 0 Å². The number of β-amino-alcohol motifs (C(OH)–C–C–N with tert-alkyl or cyclic N) is 1. The van der Waals surface area contributed by atoms with Gasteiger partial charge in [-0.1, -0.05) is 29.8 Å². The van der Waals surface area contributed by atoms with Crippen molar-refractivity contribution in [3.8, 4) is 0 Å². The number of nitrogens with zero attached hydrogens (tertiary/aromatic N) is 2. The fraction of sp³-hybridized carbons (Fsp3) is 0.588. The first-order chi connectivity index (χ1) is 9.95. The molecular formula is C17H26N2O2. The van der Waals surface area contributed by atoms with Gasteiger partial charge in [-0.2, -0.15) is 0 Å². The highest BCUT2D eigenvalue weighted by atomic mass is 16.3. The van der Waals surface area contributed by atoms with Gasteiger partial charge in [0, 0.05) is 25.6 Å². The summed E-state index contributed by atoms with van der Waals surface area (Å²) in [6, 6.07) is 8.43. The molecule has 1 heterocycles. The number of likely N-dealkylation sites (tertiary alicyclic amines) is 1. The van der Waals surface area contributed by atoms with Gasteiger partial charge in [-0.05, 0) is 39.4 Å². The molecular weight excluding hydrogens is 264 g/mol. The van der Waals surface area contributed by atoms with Gasteiger partial charge >= 0.3 is 0 Å². The molecule has 0 saturated carbocycles.